The fraction of sp³-hybridized carbons (Fsp3) is 0.250. The fourth-order valence-corrected chi connectivity index (χ4v) is 1.98. The lowest BCUT2D eigenvalue weighted by Crippen LogP contribution is -2.15. The Morgan fingerprint density at radius 3 is 2.76 bits per heavy atom. The number of aromatic nitrogens is 1. The summed E-state index contributed by atoms with van der Waals surface area (Å²) < 4.78 is 5.86. The molecule has 0 saturated carbocycles. The zero-order chi connectivity index (χ0) is 15.2. The summed E-state index contributed by atoms with van der Waals surface area (Å²) in [5.41, 5.74) is 7.04. The molecule has 21 heavy (non-hydrogen) atoms. The molecule has 0 bridgehead atoms. The maximum Gasteiger partial charge on any atom is 0.219 e. The number of amidine groups is 1. The largest absolute Gasteiger partial charge is 0.439 e. The highest BCUT2D eigenvalue weighted by atomic mass is 16.5. The summed E-state index contributed by atoms with van der Waals surface area (Å²) in [6.45, 7) is 4.29. The zero-order valence-corrected chi connectivity index (χ0v) is 12.2. The molecule has 1 unspecified atom stereocenters. The average Bonchev–Trinajstić information content (AvgIpc) is 2.54. The van der Waals surface area contributed by atoms with Gasteiger partial charge in [-0.3, -0.25) is 0 Å². The molecular formula is C16H19N3O2. The van der Waals surface area contributed by atoms with Crippen LogP contribution < -0.4 is 10.5 Å². The maximum atomic E-state index is 8.70. The molecule has 1 aromatic carbocycles. The molecule has 1 heterocycles. The van der Waals surface area contributed by atoms with Gasteiger partial charge in [0.15, 0.2) is 5.84 Å². The minimum Gasteiger partial charge on any atom is -0.439 e. The van der Waals surface area contributed by atoms with E-state index in [4.69, 9.17) is 15.7 Å². The van der Waals surface area contributed by atoms with Gasteiger partial charge in [0.2, 0.25) is 5.88 Å². The van der Waals surface area contributed by atoms with Crippen molar-refractivity contribution in [3.05, 3.63) is 53.7 Å². The third-order valence-corrected chi connectivity index (χ3v) is 3.37. The van der Waals surface area contributed by atoms with Crippen LogP contribution in [-0.2, 0) is 0 Å². The molecule has 110 valence electrons. The van der Waals surface area contributed by atoms with Crippen molar-refractivity contribution in [3.8, 4) is 11.6 Å². The van der Waals surface area contributed by atoms with Gasteiger partial charge < -0.3 is 15.7 Å². The molecule has 1 atom stereocenters. The summed E-state index contributed by atoms with van der Waals surface area (Å²) in [5.74, 6) is 1.54. The van der Waals surface area contributed by atoms with Crippen molar-refractivity contribution in [2.24, 2.45) is 10.9 Å². The molecule has 0 spiro atoms. The lowest BCUT2D eigenvalue weighted by molar-refractivity contribution is 0.318. The molecule has 2 rings (SSSR count). The Balaban J connectivity index is 2.31. The van der Waals surface area contributed by atoms with Crippen LogP contribution in [0.3, 0.4) is 0 Å². The molecule has 5 nitrogen and oxygen atoms in total. The van der Waals surface area contributed by atoms with E-state index in [0.717, 1.165) is 17.7 Å². The van der Waals surface area contributed by atoms with Crippen LogP contribution in [0, 0.1) is 0 Å². The third-order valence-electron chi connectivity index (χ3n) is 3.37. The Labute approximate surface area is 124 Å². The predicted octanol–water partition coefficient (Wildman–Crippen LogP) is 3.48. The number of pyridine rings is 1. The van der Waals surface area contributed by atoms with E-state index in [0.29, 0.717) is 17.5 Å². The first kappa shape index (κ1) is 14.8. The summed E-state index contributed by atoms with van der Waals surface area (Å²) in [6, 6.07) is 13.0. The topological polar surface area (TPSA) is 80.7 Å². The summed E-state index contributed by atoms with van der Waals surface area (Å²) in [5, 5.41) is 11.6. The van der Waals surface area contributed by atoms with Gasteiger partial charge in [0.25, 0.3) is 0 Å². The van der Waals surface area contributed by atoms with Crippen molar-refractivity contribution in [3.63, 3.8) is 0 Å². The van der Waals surface area contributed by atoms with Gasteiger partial charge in [-0.25, -0.2) is 4.98 Å². The van der Waals surface area contributed by atoms with Crippen LogP contribution in [0.1, 0.15) is 37.4 Å². The van der Waals surface area contributed by atoms with E-state index >= 15 is 0 Å². The first-order chi connectivity index (χ1) is 10.2. The van der Waals surface area contributed by atoms with E-state index in [1.54, 1.807) is 18.2 Å². The van der Waals surface area contributed by atoms with Gasteiger partial charge in [0.1, 0.15) is 11.4 Å². The van der Waals surface area contributed by atoms with Gasteiger partial charge in [-0.15, -0.1) is 0 Å². The average molecular weight is 285 g/mol. The number of hydrogen-bond acceptors (Lipinski definition) is 4. The minimum atomic E-state index is -0.0457. The predicted molar refractivity (Wildman–Crippen MR) is 82.0 cm³/mol. The lowest BCUT2D eigenvalue weighted by Gasteiger charge is -2.15. The molecule has 0 aliphatic carbocycles. The molecule has 2 aromatic rings. The van der Waals surface area contributed by atoms with Crippen molar-refractivity contribution in [2.75, 3.05) is 0 Å². The van der Waals surface area contributed by atoms with Crippen LogP contribution in [-0.4, -0.2) is 16.0 Å². The van der Waals surface area contributed by atoms with Gasteiger partial charge in [-0.2, -0.15) is 0 Å². The van der Waals surface area contributed by atoms with Crippen LogP contribution in [0.2, 0.25) is 0 Å². The van der Waals surface area contributed by atoms with Crippen molar-refractivity contribution in [2.45, 2.75) is 26.2 Å². The fourth-order valence-electron chi connectivity index (χ4n) is 1.98. The number of benzene rings is 1. The van der Waals surface area contributed by atoms with Crippen LogP contribution in [0.15, 0.2) is 47.6 Å². The zero-order valence-electron chi connectivity index (χ0n) is 12.2. The Morgan fingerprint density at radius 1 is 1.29 bits per heavy atom. The second-order valence-electron chi connectivity index (χ2n) is 4.80. The Hall–Kier alpha value is -2.56. The highest BCUT2D eigenvalue weighted by Crippen LogP contribution is 2.31. The second-order valence-corrected chi connectivity index (χ2v) is 4.80. The molecule has 1 aromatic heterocycles. The summed E-state index contributed by atoms with van der Waals surface area (Å²) in [6.07, 6.45) is 1.03. The molecule has 0 radical (unpaired) electrons. The van der Waals surface area contributed by atoms with Crippen LogP contribution >= 0.6 is 0 Å². The molecule has 0 fully saturated rings. The first-order valence-electron chi connectivity index (χ1n) is 6.87. The van der Waals surface area contributed by atoms with Gasteiger partial charge in [0, 0.05) is 6.07 Å². The number of nitrogens with two attached hydrogens (primary N) is 1. The molecule has 3 N–H and O–H groups in total. The van der Waals surface area contributed by atoms with Crippen molar-refractivity contribution in [1.82, 2.24) is 4.98 Å². The number of oxime groups is 1. The first-order valence-corrected chi connectivity index (χ1v) is 6.87. The molecule has 0 amide bonds. The van der Waals surface area contributed by atoms with E-state index in [1.165, 1.54) is 0 Å². The van der Waals surface area contributed by atoms with Gasteiger partial charge in [-0.05, 0) is 30.0 Å². The number of rotatable bonds is 5. The number of hydrogen-bond donors (Lipinski definition) is 2. The van der Waals surface area contributed by atoms with Crippen molar-refractivity contribution >= 4 is 5.84 Å². The lowest BCUT2D eigenvalue weighted by atomic mass is 9.98. The van der Waals surface area contributed by atoms with Gasteiger partial charge >= 0.3 is 0 Å². The SMILES string of the molecule is CCC(C)c1ccccc1Oc1cccc(C(N)=NO)n1. The summed E-state index contributed by atoms with van der Waals surface area (Å²) in [7, 11) is 0. The van der Waals surface area contributed by atoms with Crippen molar-refractivity contribution < 1.29 is 9.94 Å². The second kappa shape index (κ2) is 6.74. The van der Waals surface area contributed by atoms with Crippen LogP contribution in [0.25, 0.3) is 0 Å². The highest BCUT2D eigenvalue weighted by Gasteiger charge is 2.11. The Kier molecular flexibility index (Phi) is 4.77. The molecule has 5 heteroatoms. The minimum absolute atomic E-state index is 0.0457. The van der Waals surface area contributed by atoms with Crippen molar-refractivity contribution in [1.29, 1.82) is 0 Å². The monoisotopic (exact) mass is 285 g/mol. The van der Waals surface area contributed by atoms with E-state index in [-0.39, 0.29) is 5.84 Å². The standard InChI is InChI=1S/C16H19N3O2/c1-3-11(2)12-7-4-5-9-14(12)21-15-10-6-8-13(18-15)16(17)19-20/h4-11,20H,3H2,1-2H3,(H2,17,19). The Bertz CT molecular complexity index is 641. The summed E-state index contributed by atoms with van der Waals surface area (Å²) in [4.78, 5) is 4.23. The smallest absolute Gasteiger partial charge is 0.219 e. The van der Waals surface area contributed by atoms with E-state index in [9.17, 15) is 0 Å². The maximum absolute atomic E-state index is 8.70. The van der Waals surface area contributed by atoms with E-state index < -0.39 is 0 Å². The van der Waals surface area contributed by atoms with Crippen LogP contribution in [0.4, 0.5) is 0 Å². The normalized spacial score (nSPS) is 13.0. The summed E-state index contributed by atoms with van der Waals surface area (Å²) >= 11 is 0. The number of nitrogens with zero attached hydrogens (tertiary/aromatic N) is 2. The quantitative estimate of drug-likeness (QED) is 0.381. The van der Waals surface area contributed by atoms with E-state index in [2.05, 4.69) is 30.1 Å². The molecule has 0 aliphatic heterocycles. The number of ether oxygens (including phenoxy) is 1. The Morgan fingerprint density at radius 2 is 2.05 bits per heavy atom. The van der Waals surface area contributed by atoms with Crippen LogP contribution in [0.5, 0.6) is 11.6 Å². The third kappa shape index (κ3) is 3.51. The van der Waals surface area contributed by atoms with Gasteiger partial charge in [-0.1, -0.05) is 43.3 Å². The molecule has 0 aliphatic rings. The highest BCUT2D eigenvalue weighted by molar-refractivity contribution is 5.95. The molecule has 0 saturated heterocycles. The number of para-hydroxylation sites is 1. The van der Waals surface area contributed by atoms with Gasteiger partial charge in [0.05, 0.1) is 0 Å². The van der Waals surface area contributed by atoms with E-state index in [1.807, 2.05) is 18.2 Å². The molecular weight excluding hydrogens is 266 g/mol.